The Labute approximate surface area is 401 Å². The summed E-state index contributed by atoms with van der Waals surface area (Å²) < 4.78 is 17.4. The minimum absolute atomic E-state index is 0.0549. The average Bonchev–Trinajstić information content (AvgIpc) is 3.27. The van der Waals surface area contributed by atoms with Crippen LogP contribution in [0.3, 0.4) is 0 Å². The number of ether oxygens (including phenoxy) is 3. The van der Waals surface area contributed by atoms with Crippen molar-refractivity contribution in [1.82, 2.24) is 0 Å². The minimum Gasteiger partial charge on any atom is -0.477 e. The molecule has 0 fully saturated rings. The number of allylic oxidation sites excluding steroid dienone is 8. The predicted octanol–water partition coefficient (Wildman–Crippen LogP) is 15.9. The van der Waals surface area contributed by atoms with Crippen molar-refractivity contribution in [1.29, 1.82) is 0 Å². The highest BCUT2D eigenvalue weighted by atomic mass is 16.6. The number of quaternary nitrogens is 1. The number of nitrogens with zero attached hydrogens (tertiary/aromatic N) is 1. The molecule has 8 heteroatoms. The Kier molecular flexibility index (Phi) is 45.8. The molecular weight excluding hydrogens is 811 g/mol. The minimum atomic E-state index is -0.876. The number of carbonyl (C=O) groups is 3. The third-order valence-corrected chi connectivity index (χ3v) is 12.2. The molecule has 0 radical (unpaired) electrons. The number of rotatable bonds is 49. The van der Waals surface area contributed by atoms with Crippen molar-refractivity contribution >= 4 is 17.9 Å². The van der Waals surface area contributed by atoms with Crippen molar-refractivity contribution in [3.8, 4) is 0 Å². The van der Waals surface area contributed by atoms with E-state index in [0.29, 0.717) is 19.3 Å². The van der Waals surface area contributed by atoms with Gasteiger partial charge in [0.15, 0.2) is 12.1 Å². The first kappa shape index (κ1) is 62.3. The third-order valence-electron chi connectivity index (χ3n) is 12.2. The number of hydrogen-bond acceptors (Lipinski definition) is 6. The van der Waals surface area contributed by atoms with Crippen molar-refractivity contribution in [3.63, 3.8) is 0 Å². The van der Waals surface area contributed by atoms with E-state index < -0.39 is 18.1 Å². The Bertz CT molecular complexity index is 1200. The molecule has 0 rings (SSSR count). The van der Waals surface area contributed by atoms with Crippen molar-refractivity contribution in [2.75, 3.05) is 41.0 Å². The van der Waals surface area contributed by atoms with Crippen molar-refractivity contribution in [3.05, 3.63) is 48.6 Å². The second-order valence-electron chi connectivity index (χ2n) is 19.5. The molecule has 0 aliphatic carbocycles. The van der Waals surface area contributed by atoms with Gasteiger partial charge < -0.3 is 23.8 Å². The second kappa shape index (κ2) is 47.8. The summed E-state index contributed by atoms with van der Waals surface area (Å²) in [6.07, 6.45) is 58.8. The molecule has 65 heavy (non-hydrogen) atoms. The van der Waals surface area contributed by atoms with E-state index in [4.69, 9.17) is 14.2 Å². The average molecular weight is 915 g/mol. The molecule has 8 nitrogen and oxygen atoms in total. The van der Waals surface area contributed by atoms with E-state index in [1.807, 2.05) is 21.1 Å². The van der Waals surface area contributed by atoms with Crippen LogP contribution in [0.4, 0.5) is 0 Å². The number of carboxylic acids is 1. The molecule has 2 unspecified atom stereocenters. The van der Waals surface area contributed by atoms with E-state index in [1.165, 1.54) is 135 Å². The highest BCUT2D eigenvalue weighted by Gasteiger charge is 2.31. The van der Waals surface area contributed by atoms with Crippen LogP contribution < -0.4 is 0 Å². The van der Waals surface area contributed by atoms with Gasteiger partial charge in [0, 0.05) is 19.3 Å². The lowest BCUT2D eigenvalue weighted by Gasteiger charge is -2.31. The third kappa shape index (κ3) is 46.2. The molecule has 1 N–H and O–H groups in total. The van der Waals surface area contributed by atoms with Gasteiger partial charge in [-0.2, -0.15) is 0 Å². The summed E-state index contributed by atoms with van der Waals surface area (Å²) in [5.74, 6) is -1.48. The molecule has 0 bridgehead atoms. The van der Waals surface area contributed by atoms with Crippen LogP contribution in [-0.2, 0) is 28.6 Å². The Morgan fingerprint density at radius 3 is 1.23 bits per heavy atom. The summed E-state index contributed by atoms with van der Waals surface area (Å²) in [6, 6.07) is -0.619. The smallest absolute Gasteiger partial charge is 0.362 e. The van der Waals surface area contributed by atoms with Crippen LogP contribution in [0.25, 0.3) is 0 Å². The number of carboxylic acid groups (broad SMARTS) is 1. The normalized spacial score (nSPS) is 13.2. The Balaban J connectivity index is 4.24. The predicted molar refractivity (Wildman–Crippen MR) is 275 cm³/mol. The van der Waals surface area contributed by atoms with Gasteiger partial charge in [0.05, 0.1) is 34.4 Å². The van der Waals surface area contributed by atoms with Crippen molar-refractivity contribution in [2.24, 2.45) is 0 Å². The van der Waals surface area contributed by atoms with Gasteiger partial charge in [-0.15, -0.1) is 0 Å². The van der Waals surface area contributed by atoms with Crippen molar-refractivity contribution in [2.45, 2.75) is 257 Å². The first-order chi connectivity index (χ1) is 31.6. The van der Waals surface area contributed by atoms with Gasteiger partial charge >= 0.3 is 17.9 Å². The first-order valence-electron chi connectivity index (χ1n) is 27.2. The van der Waals surface area contributed by atoms with E-state index in [-0.39, 0.29) is 36.2 Å². The largest absolute Gasteiger partial charge is 0.477 e. The first-order valence-corrected chi connectivity index (χ1v) is 27.2. The lowest BCUT2D eigenvalue weighted by molar-refractivity contribution is -0.887. The van der Waals surface area contributed by atoms with Crippen LogP contribution in [0, 0.1) is 0 Å². The Hall–Kier alpha value is -2.71. The van der Waals surface area contributed by atoms with Crippen LogP contribution in [0.5, 0.6) is 0 Å². The highest BCUT2D eigenvalue weighted by Crippen LogP contribution is 2.16. The molecular formula is C57H104NO7+. The molecule has 2 atom stereocenters. The molecule has 0 aliphatic heterocycles. The number of likely N-dealkylation sites (N-methyl/N-ethyl adjacent to an activating group) is 1. The lowest BCUT2D eigenvalue weighted by Crippen LogP contribution is -2.50. The highest BCUT2D eigenvalue weighted by molar-refractivity contribution is 5.72. The molecule has 0 aliphatic rings. The Morgan fingerprint density at radius 1 is 0.462 bits per heavy atom. The molecule has 0 spiro atoms. The standard InChI is InChI=1S/C57H103NO7/c1-6-8-10-12-14-16-18-20-22-24-26-28-30-32-34-36-38-40-42-44-46-48-56(60)65-53(51-63-50-49-54(57(61)62)58(3,4)5)52-64-55(59)47-45-43-41-39-37-35-33-31-29-27-25-23-21-19-17-15-13-11-9-7-2/h14,16,20,22,26,28,32,34,53-54H,6-13,15,17-19,21,23-25,27,29-31,33,35-52H2,1-5H3/p+1/b16-14+,22-20+,28-26+,34-32+. The quantitative estimate of drug-likeness (QED) is 0.0281. The fourth-order valence-corrected chi connectivity index (χ4v) is 8.02. The van der Waals surface area contributed by atoms with Gasteiger partial charge in [0.1, 0.15) is 6.61 Å². The van der Waals surface area contributed by atoms with E-state index in [0.717, 1.165) is 77.0 Å². The van der Waals surface area contributed by atoms with E-state index >= 15 is 0 Å². The molecule has 0 aromatic heterocycles. The Morgan fingerprint density at radius 2 is 0.815 bits per heavy atom. The van der Waals surface area contributed by atoms with Gasteiger partial charge in [-0.05, 0) is 57.8 Å². The van der Waals surface area contributed by atoms with Gasteiger partial charge in [0.25, 0.3) is 0 Å². The molecule has 0 heterocycles. The summed E-state index contributed by atoms with van der Waals surface area (Å²) in [7, 11) is 5.53. The maximum Gasteiger partial charge on any atom is 0.362 e. The number of esters is 2. The number of carbonyl (C=O) groups excluding carboxylic acids is 2. The molecule has 0 saturated heterocycles. The van der Waals surface area contributed by atoms with Gasteiger partial charge in [0.2, 0.25) is 0 Å². The summed E-state index contributed by atoms with van der Waals surface area (Å²) in [6.45, 7) is 4.72. The molecule has 0 amide bonds. The lowest BCUT2D eigenvalue weighted by atomic mass is 10.0. The fourth-order valence-electron chi connectivity index (χ4n) is 8.02. The van der Waals surface area contributed by atoms with E-state index in [2.05, 4.69) is 62.5 Å². The van der Waals surface area contributed by atoms with Crippen LogP contribution >= 0.6 is 0 Å². The topological polar surface area (TPSA) is 99.1 Å². The zero-order valence-electron chi connectivity index (χ0n) is 43.2. The number of hydrogen-bond donors (Lipinski definition) is 1. The second-order valence-corrected chi connectivity index (χ2v) is 19.5. The van der Waals surface area contributed by atoms with E-state index in [1.54, 1.807) is 0 Å². The number of aliphatic carboxylic acids is 1. The SMILES string of the molecule is CCCCC/C=C/C/C=C/C/C=C/C/C=C/CCCCCCCC(=O)OC(COCCC(C(=O)O)[N+](C)(C)C)COC(=O)CCCCCCCCCCCCCCCCCCCCCC. The summed E-state index contributed by atoms with van der Waals surface area (Å²) >= 11 is 0. The molecule has 0 aromatic carbocycles. The summed E-state index contributed by atoms with van der Waals surface area (Å²) in [4.78, 5) is 37.2. The van der Waals surface area contributed by atoms with E-state index in [9.17, 15) is 19.5 Å². The molecule has 0 saturated carbocycles. The molecule has 378 valence electrons. The van der Waals surface area contributed by atoms with Crippen LogP contribution in [0.2, 0.25) is 0 Å². The maximum atomic E-state index is 12.8. The summed E-state index contributed by atoms with van der Waals surface area (Å²) in [5, 5.41) is 9.66. The zero-order valence-corrected chi connectivity index (χ0v) is 43.2. The van der Waals surface area contributed by atoms with Gasteiger partial charge in [-0.25, -0.2) is 4.79 Å². The van der Waals surface area contributed by atoms with Crippen LogP contribution in [-0.4, -0.2) is 80.6 Å². The number of unbranched alkanes of at least 4 members (excludes halogenated alkanes) is 27. The fraction of sp³-hybridized carbons (Fsp3) is 0.807. The molecule has 0 aromatic rings. The summed E-state index contributed by atoms with van der Waals surface area (Å²) in [5.41, 5.74) is 0. The van der Waals surface area contributed by atoms with Crippen LogP contribution in [0.15, 0.2) is 48.6 Å². The van der Waals surface area contributed by atoms with Crippen molar-refractivity contribution < 1.29 is 38.2 Å². The van der Waals surface area contributed by atoms with Gasteiger partial charge in [-0.1, -0.05) is 217 Å². The van der Waals surface area contributed by atoms with Crippen LogP contribution in [0.1, 0.15) is 245 Å². The maximum absolute atomic E-state index is 12.8. The monoisotopic (exact) mass is 915 g/mol. The zero-order chi connectivity index (χ0) is 47.7. The van der Waals surface area contributed by atoms with Gasteiger partial charge in [-0.3, -0.25) is 9.59 Å².